The Labute approximate surface area is 132 Å². The van der Waals surface area contributed by atoms with Crippen molar-refractivity contribution >= 4 is 0 Å². The van der Waals surface area contributed by atoms with Crippen LogP contribution in [-0.2, 0) is 12.8 Å². The molecule has 3 heteroatoms. The fourth-order valence-electron chi connectivity index (χ4n) is 2.70. The van der Waals surface area contributed by atoms with Crippen molar-refractivity contribution in [2.45, 2.75) is 25.7 Å². The lowest BCUT2D eigenvalue weighted by atomic mass is 9.89. The molecule has 1 atom stereocenters. The molecule has 3 nitrogen and oxygen atoms in total. The molecule has 2 rings (SSSR count). The average Bonchev–Trinajstić information content (AvgIpc) is 2.59. The number of ether oxygens (including phenoxy) is 1. The van der Waals surface area contributed by atoms with E-state index in [1.54, 1.807) is 7.11 Å². The summed E-state index contributed by atoms with van der Waals surface area (Å²) in [6, 6.07) is 16.2. The quantitative estimate of drug-likeness (QED) is 0.888. The Morgan fingerprint density at radius 2 is 2.00 bits per heavy atom. The normalized spacial score (nSPS) is 11.7. The number of hydrogen-bond acceptors (Lipinski definition) is 3. The number of aryl methyl sites for hydroxylation is 1. The number of hydrogen-bond donors (Lipinski definition) is 1. The summed E-state index contributed by atoms with van der Waals surface area (Å²) < 4.78 is 5.50. The van der Waals surface area contributed by atoms with Gasteiger partial charge < -0.3 is 10.5 Å². The molecule has 0 fully saturated rings. The molecule has 2 N–H and O–H groups in total. The molecule has 0 spiro atoms. The smallest absolute Gasteiger partial charge is 0.122 e. The van der Waals surface area contributed by atoms with Gasteiger partial charge in [0, 0.05) is 5.92 Å². The first-order valence-corrected chi connectivity index (χ1v) is 7.57. The number of nitriles is 1. The Hall–Kier alpha value is -2.31. The van der Waals surface area contributed by atoms with E-state index < -0.39 is 0 Å². The van der Waals surface area contributed by atoms with Gasteiger partial charge in [0.2, 0.25) is 0 Å². The molecule has 114 valence electrons. The van der Waals surface area contributed by atoms with E-state index in [9.17, 15) is 0 Å². The maximum atomic E-state index is 9.03. The molecule has 0 aliphatic carbocycles. The third-order valence-electron chi connectivity index (χ3n) is 3.96. The maximum Gasteiger partial charge on any atom is 0.122 e. The number of methoxy groups -OCH3 is 1. The van der Waals surface area contributed by atoms with E-state index in [2.05, 4.69) is 25.1 Å². The van der Waals surface area contributed by atoms with Crippen molar-refractivity contribution in [2.24, 2.45) is 5.73 Å². The molecular formula is C19H22N2O. The summed E-state index contributed by atoms with van der Waals surface area (Å²) in [7, 11) is 1.69. The highest BCUT2D eigenvalue weighted by molar-refractivity contribution is 5.41. The van der Waals surface area contributed by atoms with Crippen molar-refractivity contribution < 1.29 is 4.74 Å². The zero-order chi connectivity index (χ0) is 15.9. The Morgan fingerprint density at radius 3 is 2.64 bits per heavy atom. The lowest BCUT2D eigenvalue weighted by Gasteiger charge is -2.19. The second-order valence-electron chi connectivity index (χ2n) is 5.38. The summed E-state index contributed by atoms with van der Waals surface area (Å²) in [5, 5.41) is 9.03. The van der Waals surface area contributed by atoms with Gasteiger partial charge in [0.15, 0.2) is 0 Å². The van der Waals surface area contributed by atoms with E-state index >= 15 is 0 Å². The zero-order valence-electron chi connectivity index (χ0n) is 13.2. The highest BCUT2D eigenvalue weighted by Crippen LogP contribution is 2.30. The van der Waals surface area contributed by atoms with Gasteiger partial charge in [0.05, 0.1) is 18.7 Å². The van der Waals surface area contributed by atoms with Crippen molar-refractivity contribution in [2.75, 3.05) is 13.7 Å². The number of nitrogens with two attached hydrogens (primary N) is 1. The average molecular weight is 294 g/mol. The summed E-state index contributed by atoms with van der Waals surface area (Å²) in [4.78, 5) is 0. The maximum absolute atomic E-state index is 9.03. The highest BCUT2D eigenvalue weighted by Gasteiger charge is 2.16. The minimum atomic E-state index is 0.176. The van der Waals surface area contributed by atoms with Crippen molar-refractivity contribution in [1.82, 2.24) is 0 Å². The van der Waals surface area contributed by atoms with Crippen LogP contribution in [0.2, 0.25) is 0 Å². The van der Waals surface area contributed by atoms with Crippen LogP contribution >= 0.6 is 0 Å². The number of rotatable bonds is 6. The molecule has 0 saturated heterocycles. The topological polar surface area (TPSA) is 59.0 Å². The van der Waals surface area contributed by atoms with Gasteiger partial charge >= 0.3 is 0 Å². The molecule has 0 radical (unpaired) electrons. The predicted molar refractivity (Wildman–Crippen MR) is 89.0 cm³/mol. The van der Waals surface area contributed by atoms with Crippen LogP contribution in [0.5, 0.6) is 5.75 Å². The molecule has 0 aliphatic heterocycles. The van der Waals surface area contributed by atoms with E-state index in [1.807, 2.05) is 30.3 Å². The van der Waals surface area contributed by atoms with Gasteiger partial charge in [0.1, 0.15) is 5.75 Å². The molecule has 1 unspecified atom stereocenters. The van der Waals surface area contributed by atoms with Gasteiger partial charge in [-0.2, -0.15) is 5.26 Å². The van der Waals surface area contributed by atoms with Gasteiger partial charge in [-0.1, -0.05) is 31.2 Å². The molecule has 0 heterocycles. The summed E-state index contributed by atoms with van der Waals surface area (Å²) in [6.45, 7) is 2.68. The Morgan fingerprint density at radius 1 is 1.18 bits per heavy atom. The molecule has 0 bridgehead atoms. The van der Waals surface area contributed by atoms with E-state index in [4.69, 9.17) is 15.7 Å². The first-order valence-electron chi connectivity index (χ1n) is 7.57. The van der Waals surface area contributed by atoms with Crippen LogP contribution in [0.25, 0.3) is 0 Å². The lowest BCUT2D eigenvalue weighted by Crippen LogP contribution is -2.16. The van der Waals surface area contributed by atoms with Gasteiger partial charge in [-0.15, -0.1) is 0 Å². The summed E-state index contributed by atoms with van der Waals surface area (Å²) >= 11 is 0. The standard InChI is InChI=1S/C19H22N2O/c1-3-14-7-8-19(22-2)18(11-14)17(13-21)10-15-5-4-6-16(9-15)12-20/h4-9,11,17H,3,10,13,21H2,1-2H3. The van der Waals surface area contributed by atoms with E-state index in [1.165, 1.54) is 5.56 Å². The monoisotopic (exact) mass is 294 g/mol. The highest BCUT2D eigenvalue weighted by atomic mass is 16.5. The molecule has 0 amide bonds. The van der Waals surface area contributed by atoms with E-state index in [-0.39, 0.29) is 5.92 Å². The van der Waals surface area contributed by atoms with Crippen molar-refractivity contribution in [3.63, 3.8) is 0 Å². The molecular weight excluding hydrogens is 272 g/mol. The second-order valence-corrected chi connectivity index (χ2v) is 5.38. The Balaban J connectivity index is 2.33. The third-order valence-corrected chi connectivity index (χ3v) is 3.96. The van der Waals surface area contributed by atoms with Crippen molar-refractivity contribution in [3.8, 4) is 11.8 Å². The Kier molecular flexibility index (Phi) is 5.57. The first kappa shape index (κ1) is 16.1. The summed E-state index contributed by atoms with van der Waals surface area (Å²) in [5.74, 6) is 1.06. The molecule has 22 heavy (non-hydrogen) atoms. The third kappa shape index (κ3) is 3.66. The minimum absolute atomic E-state index is 0.176. The van der Waals surface area contributed by atoms with Gasteiger partial charge in [-0.3, -0.25) is 0 Å². The number of benzene rings is 2. The fraction of sp³-hybridized carbons (Fsp3) is 0.316. The summed E-state index contributed by atoms with van der Waals surface area (Å²) in [6.07, 6.45) is 1.79. The SMILES string of the molecule is CCc1ccc(OC)c(C(CN)Cc2cccc(C#N)c2)c1. The molecule has 2 aromatic carbocycles. The molecule has 0 saturated carbocycles. The van der Waals surface area contributed by atoms with Crippen LogP contribution in [0.1, 0.15) is 35.1 Å². The number of nitrogens with zero attached hydrogens (tertiary/aromatic N) is 1. The van der Waals surface area contributed by atoms with Crippen LogP contribution in [0.4, 0.5) is 0 Å². The molecule has 0 aliphatic rings. The molecule has 2 aromatic rings. The second kappa shape index (κ2) is 7.63. The molecule has 0 aromatic heterocycles. The lowest BCUT2D eigenvalue weighted by molar-refractivity contribution is 0.405. The van der Waals surface area contributed by atoms with Crippen LogP contribution in [0, 0.1) is 11.3 Å². The zero-order valence-corrected chi connectivity index (χ0v) is 13.2. The van der Waals surface area contributed by atoms with Crippen LogP contribution in [0.15, 0.2) is 42.5 Å². The van der Waals surface area contributed by atoms with E-state index in [0.717, 1.165) is 29.7 Å². The van der Waals surface area contributed by atoms with Crippen molar-refractivity contribution in [3.05, 3.63) is 64.7 Å². The van der Waals surface area contributed by atoms with Gasteiger partial charge in [0.25, 0.3) is 0 Å². The van der Waals surface area contributed by atoms with Gasteiger partial charge in [-0.25, -0.2) is 0 Å². The van der Waals surface area contributed by atoms with Gasteiger partial charge in [-0.05, 0) is 54.3 Å². The predicted octanol–water partition coefficient (Wildman–Crippen LogP) is 3.41. The largest absolute Gasteiger partial charge is 0.496 e. The fourth-order valence-corrected chi connectivity index (χ4v) is 2.70. The van der Waals surface area contributed by atoms with Crippen LogP contribution in [0.3, 0.4) is 0 Å². The first-order chi connectivity index (χ1) is 10.7. The van der Waals surface area contributed by atoms with Crippen LogP contribution in [-0.4, -0.2) is 13.7 Å². The van der Waals surface area contributed by atoms with E-state index in [0.29, 0.717) is 12.1 Å². The summed E-state index contributed by atoms with van der Waals surface area (Å²) in [5.41, 5.74) is 10.2. The minimum Gasteiger partial charge on any atom is -0.496 e. The van der Waals surface area contributed by atoms with Crippen LogP contribution < -0.4 is 10.5 Å². The Bertz CT molecular complexity index is 673. The van der Waals surface area contributed by atoms with Crippen molar-refractivity contribution in [1.29, 1.82) is 5.26 Å².